The van der Waals surface area contributed by atoms with E-state index < -0.39 is 11.8 Å². The Morgan fingerprint density at radius 2 is 1.10 bits per heavy atom. The maximum Gasteiger partial charge on any atom is 0.269 e. The fourth-order valence-corrected chi connectivity index (χ4v) is 2.52. The van der Waals surface area contributed by atoms with E-state index in [1.807, 2.05) is 30.3 Å². The lowest BCUT2D eigenvalue weighted by Gasteiger charge is -2.10. The first kappa shape index (κ1) is 20.2. The summed E-state index contributed by atoms with van der Waals surface area (Å²) in [4.78, 5) is 24.1. The summed E-state index contributed by atoms with van der Waals surface area (Å²) in [5.74, 6) is 0.520. The molecule has 0 aliphatic rings. The van der Waals surface area contributed by atoms with Gasteiger partial charge in [0.15, 0.2) is 0 Å². The molecule has 0 aliphatic heterocycles. The fourth-order valence-electron chi connectivity index (χ4n) is 2.40. The molecule has 3 aromatic rings. The molecule has 0 unspecified atom stereocenters. The Morgan fingerprint density at radius 3 is 1.62 bits per heavy atom. The molecule has 148 valence electrons. The monoisotopic (exact) mass is 410 g/mol. The van der Waals surface area contributed by atoms with Gasteiger partial charge in [-0.2, -0.15) is 0 Å². The molecule has 0 aromatic heterocycles. The minimum Gasteiger partial charge on any atom is -0.490 e. The second kappa shape index (κ2) is 10.1. The zero-order valence-corrected chi connectivity index (χ0v) is 16.2. The van der Waals surface area contributed by atoms with Crippen molar-refractivity contribution in [3.63, 3.8) is 0 Å². The molecule has 0 bridgehead atoms. The first-order valence-electron chi connectivity index (χ1n) is 8.89. The van der Waals surface area contributed by atoms with Gasteiger partial charge in [0.1, 0.15) is 24.7 Å². The lowest BCUT2D eigenvalue weighted by Crippen LogP contribution is -2.41. The van der Waals surface area contributed by atoms with Crippen LogP contribution in [0.3, 0.4) is 0 Å². The Bertz CT molecular complexity index is 945. The van der Waals surface area contributed by atoms with E-state index in [9.17, 15) is 9.59 Å². The van der Waals surface area contributed by atoms with Crippen molar-refractivity contribution in [2.75, 3.05) is 13.2 Å². The van der Waals surface area contributed by atoms with Gasteiger partial charge in [0, 0.05) is 16.1 Å². The highest BCUT2D eigenvalue weighted by atomic mass is 35.5. The van der Waals surface area contributed by atoms with Gasteiger partial charge in [-0.05, 0) is 60.7 Å². The Labute approximate surface area is 173 Å². The molecule has 0 fully saturated rings. The molecule has 0 aliphatic carbocycles. The van der Waals surface area contributed by atoms with Crippen LogP contribution in [0, 0.1) is 0 Å². The quantitative estimate of drug-likeness (QED) is 0.458. The van der Waals surface area contributed by atoms with E-state index >= 15 is 0 Å². The number of hydrazine groups is 1. The Hall–Kier alpha value is -3.51. The van der Waals surface area contributed by atoms with Crippen LogP contribution in [0.2, 0.25) is 5.02 Å². The molecule has 0 spiro atoms. The second-order valence-electron chi connectivity index (χ2n) is 5.95. The maximum atomic E-state index is 12.2. The second-order valence-corrected chi connectivity index (χ2v) is 6.39. The summed E-state index contributed by atoms with van der Waals surface area (Å²) in [6.45, 7) is 0.778. The molecule has 0 atom stereocenters. The minimum absolute atomic E-state index is 0.373. The zero-order chi connectivity index (χ0) is 20.5. The highest BCUT2D eigenvalue weighted by Gasteiger charge is 2.09. The van der Waals surface area contributed by atoms with Gasteiger partial charge >= 0.3 is 0 Å². The summed E-state index contributed by atoms with van der Waals surface area (Å²) in [5, 5.41) is 0.527. The molecule has 0 saturated heterocycles. The number of nitrogens with one attached hydrogen (secondary N) is 2. The highest BCUT2D eigenvalue weighted by molar-refractivity contribution is 6.30. The normalized spacial score (nSPS) is 10.1. The van der Waals surface area contributed by atoms with E-state index in [1.54, 1.807) is 48.5 Å². The van der Waals surface area contributed by atoms with E-state index in [0.29, 0.717) is 35.1 Å². The van der Waals surface area contributed by atoms with Crippen molar-refractivity contribution < 1.29 is 19.1 Å². The van der Waals surface area contributed by atoms with E-state index in [2.05, 4.69) is 10.9 Å². The molecule has 7 heteroatoms. The number of ether oxygens (including phenoxy) is 2. The van der Waals surface area contributed by atoms with E-state index in [0.717, 1.165) is 5.75 Å². The van der Waals surface area contributed by atoms with Crippen LogP contribution in [0.4, 0.5) is 0 Å². The predicted molar refractivity (Wildman–Crippen MR) is 110 cm³/mol. The third kappa shape index (κ3) is 6.26. The molecular formula is C22H19ClN2O4. The van der Waals surface area contributed by atoms with Gasteiger partial charge in [-0.3, -0.25) is 20.4 Å². The molecule has 6 nitrogen and oxygen atoms in total. The largest absolute Gasteiger partial charge is 0.490 e. The molecule has 3 rings (SSSR count). The number of hydrogen-bond acceptors (Lipinski definition) is 4. The van der Waals surface area contributed by atoms with Gasteiger partial charge in [0.2, 0.25) is 0 Å². The Balaban J connectivity index is 1.42. The first-order chi connectivity index (χ1) is 14.1. The Kier molecular flexibility index (Phi) is 7.08. The number of para-hydroxylation sites is 1. The van der Waals surface area contributed by atoms with Crippen LogP contribution >= 0.6 is 11.6 Å². The minimum atomic E-state index is -0.439. The number of rotatable bonds is 7. The molecule has 2 N–H and O–H groups in total. The summed E-state index contributed by atoms with van der Waals surface area (Å²) in [5.41, 5.74) is 5.50. The SMILES string of the molecule is O=C(NNC(=O)c1ccc(OCCOc2ccccc2)cc1)c1ccc(Cl)cc1. The van der Waals surface area contributed by atoms with Crippen molar-refractivity contribution in [1.82, 2.24) is 10.9 Å². The third-order valence-corrected chi connectivity index (χ3v) is 4.13. The van der Waals surface area contributed by atoms with Crippen molar-refractivity contribution in [2.45, 2.75) is 0 Å². The van der Waals surface area contributed by atoms with Crippen LogP contribution in [0.5, 0.6) is 11.5 Å². The van der Waals surface area contributed by atoms with Crippen molar-refractivity contribution in [3.05, 3.63) is 95.0 Å². The van der Waals surface area contributed by atoms with Crippen molar-refractivity contribution in [1.29, 1.82) is 0 Å². The average Bonchev–Trinajstić information content (AvgIpc) is 2.76. The lowest BCUT2D eigenvalue weighted by molar-refractivity contribution is 0.0846. The molecular weight excluding hydrogens is 392 g/mol. The smallest absolute Gasteiger partial charge is 0.269 e. The van der Waals surface area contributed by atoms with Gasteiger partial charge in [-0.1, -0.05) is 29.8 Å². The van der Waals surface area contributed by atoms with Gasteiger partial charge in [0.25, 0.3) is 11.8 Å². The highest BCUT2D eigenvalue weighted by Crippen LogP contribution is 2.13. The molecule has 0 heterocycles. The van der Waals surface area contributed by atoms with Crippen molar-refractivity contribution in [3.8, 4) is 11.5 Å². The predicted octanol–water partition coefficient (Wildman–Crippen LogP) is 3.87. The summed E-state index contributed by atoms with van der Waals surface area (Å²) in [6.07, 6.45) is 0. The standard InChI is InChI=1S/C22H19ClN2O4/c23-18-10-6-16(7-11-18)21(26)24-25-22(27)17-8-12-20(13-9-17)29-15-14-28-19-4-2-1-3-5-19/h1-13H,14-15H2,(H,24,26)(H,25,27). The molecule has 0 radical (unpaired) electrons. The van der Waals surface area contributed by atoms with Gasteiger partial charge in [-0.25, -0.2) is 0 Å². The number of hydrogen-bond donors (Lipinski definition) is 2. The fraction of sp³-hybridized carbons (Fsp3) is 0.0909. The van der Waals surface area contributed by atoms with E-state index in [1.165, 1.54) is 0 Å². The summed E-state index contributed by atoms with van der Waals surface area (Å²) >= 11 is 5.79. The van der Waals surface area contributed by atoms with E-state index in [-0.39, 0.29) is 0 Å². The van der Waals surface area contributed by atoms with Crippen LogP contribution in [0.25, 0.3) is 0 Å². The number of benzene rings is 3. The summed E-state index contributed by atoms with van der Waals surface area (Å²) < 4.78 is 11.1. The average molecular weight is 411 g/mol. The maximum absolute atomic E-state index is 12.2. The Morgan fingerprint density at radius 1 is 0.655 bits per heavy atom. The third-order valence-electron chi connectivity index (χ3n) is 3.88. The molecule has 2 amide bonds. The number of carbonyl (C=O) groups excluding carboxylic acids is 2. The number of halogens is 1. The lowest BCUT2D eigenvalue weighted by atomic mass is 10.2. The summed E-state index contributed by atoms with van der Waals surface area (Å²) in [7, 11) is 0. The van der Waals surface area contributed by atoms with Crippen LogP contribution in [0.15, 0.2) is 78.9 Å². The zero-order valence-electron chi connectivity index (χ0n) is 15.4. The van der Waals surface area contributed by atoms with Crippen molar-refractivity contribution in [2.24, 2.45) is 0 Å². The molecule has 0 saturated carbocycles. The molecule has 29 heavy (non-hydrogen) atoms. The van der Waals surface area contributed by atoms with Crippen LogP contribution in [-0.4, -0.2) is 25.0 Å². The van der Waals surface area contributed by atoms with Crippen molar-refractivity contribution >= 4 is 23.4 Å². The first-order valence-corrected chi connectivity index (χ1v) is 9.26. The van der Waals surface area contributed by atoms with Crippen LogP contribution < -0.4 is 20.3 Å². The topological polar surface area (TPSA) is 76.7 Å². The number of amides is 2. The summed E-state index contributed by atoms with van der Waals surface area (Å²) in [6, 6.07) is 22.4. The molecule has 3 aromatic carbocycles. The van der Waals surface area contributed by atoms with Crippen LogP contribution in [-0.2, 0) is 0 Å². The van der Waals surface area contributed by atoms with Gasteiger partial charge in [-0.15, -0.1) is 0 Å². The van der Waals surface area contributed by atoms with Gasteiger partial charge in [0.05, 0.1) is 0 Å². The van der Waals surface area contributed by atoms with E-state index in [4.69, 9.17) is 21.1 Å². The van der Waals surface area contributed by atoms with Crippen LogP contribution in [0.1, 0.15) is 20.7 Å². The number of carbonyl (C=O) groups is 2. The van der Waals surface area contributed by atoms with Gasteiger partial charge < -0.3 is 9.47 Å².